The lowest BCUT2D eigenvalue weighted by Gasteiger charge is -2.25. The molecule has 0 radical (unpaired) electrons. The van der Waals surface area contributed by atoms with Crippen molar-refractivity contribution in [1.82, 2.24) is 16.0 Å². The fraction of sp³-hybridized carbons (Fsp3) is 0.643. The summed E-state index contributed by atoms with van der Waals surface area (Å²) < 4.78 is 0. The number of rotatable bonds is 11. The highest BCUT2D eigenvalue weighted by molar-refractivity contribution is 5.94. The molecular weight excluding hydrogens is 352 g/mol. The van der Waals surface area contributed by atoms with Gasteiger partial charge in [0.05, 0.1) is 19.6 Å². The average molecular weight is 376 g/mol. The molecule has 12 heteroatoms. The van der Waals surface area contributed by atoms with E-state index in [0.29, 0.717) is 0 Å². The van der Waals surface area contributed by atoms with Gasteiger partial charge < -0.3 is 37.0 Å². The van der Waals surface area contributed by atoms with Crippen LogP contribution in [-0.2, 0) is 24.0 Å². The Hall–Kier alpha value is -2.73. The lowest BCUT2D eigenvalue weighted by molar-refractivity contribution is -0.147. The number of nitrogens with two attached hydrogens (primary N) is 1. The standard InChI is InChI=1S/C14H24N4O8/c1-6(2)11(13(24)17-7(14(25)26)3-10(21)22)18-12(23)8(5-19)16-9(20)4-15/h6-8,11,19H,3-5,15H2,1-2H3,(H,16,20)(H,17,24)(H,18,23)(H,21,22)(H,25,26). The van der Waals surface area contributed by atoms with E-state index >= 15 is 0 Å². The molecule has 0 heterocycles. The minimum absolute atomic E-state index is 0.409. The SMILES string of the molecule is CC(C)C(NC(=O)C(CO)NC(=O)CN)C(=O)NC(CC(=O)O)C(=O)O. The van der Waals surface area contributed by atoms with Crippen molar-refractivity contribution < 1.29 is 39.3 Å². The largest absolute Gasteiger partial charge is 0.481 e. The van der Waals surface area contributed by atoms with E-state index < -0.39 is 73.3 Å². The third-order valence-corrected chi connectivity index (χ3v) is 3.26. The summed E-state index contributed by atoms with van der Waals surface area (Å²) in [6.07, 6.45) is -0.842. The van der Waals surface area contributed by atoms with Crippen LogP contribution < -0.4 is 21.7 Å². The predicted octanol–water partition coefficient (Wildman–Crippen LogP) is -3.39. The summed E-state index contributed by atoms with van der Waals surface area (Å²) in [7, 11) is 0. The summed E-state index contributed by atoms with van der Waals surface area (Å²) in [5.74, 6) is -5.96. The molecule has 12 nitrogen and oxygen atoms in total. The molecule has 0 spiro atoms. The first-order valence-electron chi connectivity index (χ1n) is 7.69. The Labute approximate surface area is 149 Å². The minimum Gasteiger partial charge on any atom is -0.481 e. The van der Waals surface area contributed by atoms with Crippen LogP contribution in [0.2, 0.25) is 0 Å². The molecule has 0 saturated heterocycles. The molecule has 3 atom stereocenters. The maximum Gasteiger partial charge on any atom is 0.326 e. The second-order valence-corrected chi connectivity index (χ2v) is 5.73. The van der Waals surface area contributed by atoms with E-state index in [4.69, 9.17) is 15.9 Å². The van der Waals surface area contributed by atoms with Crippen LogP contribution in [0.1, 0.15) is 20.3 Å². The van der Waals surface area contributed by atoms with Gasteiger partial charge >= 0.3 is 11.9 Å². The Bertz CT molecular complexity index is 551. The molecular formula is C14H24N4O8. The number of carbonyl (C=O) groups is 5. The molecule has 0 rings (SSSR count). The van der Waals surface area contributed by atoms with Gasteiger partial charge in [-0.1, -0.05) is 13.8 Å². The average Bonchev–Trinajstić information content (AvgIpc) is 2.55. The first kappa shape index (κ1) is 23.3. The van der Waals surface area contributed by atoms with Gasteiger partial charge in [-0.25, -0.2) is 4.79 Å². The first-order chi connectivity index (χ1) is 12.0. The fourth-order valence-corrected chi connectivity index (χ4v) is 1.87. The van der Waals surface area contributed by atoms with E-state index in [9.17, 15) is 29.1 Å². The van der Waals surface area contributed by atoms with Crippen molar-refractivity contribution in [3.63, 3.8) is 0 Å². The molecule has 0 saturated carbocycles. The van der Waals surface area contributed by atoms with Gasteiger partial charge in [0.1, 0.15) is 18.1 Å². The monoisotopic (exact) mass is 376 g/mol. The van der Waals surface area contributed by atoms with Crippen LogP contribution >= 0.6 is 0 Å². The topological polar surface area (TPSA) is 208 Å². The van der Waals surface area contributed by atoms with Gasteiger partial charge in [0.15, 0.2) is 0 Å². The van der Waals surface area contributed by atoms with E-state index in [1.165, 1.54) is 0 Å². The number of aliphatic carboxylic acids is 2. The number of carbonyl (C=O) groups excluding carboxylic acids is 3. The third kappa shape index (κ3) is 7.90. The quantitative estimate of drug-likeness (QED) is 0.191. The summed E-state index contributed by atoms with van der Waals surface area (Å²) in [5.41, 5.74) is 5.10. The molecule has 0 fully saturated rings. The molecule has 0 aromatic rings. The molecule has 26 heavy (non-hydrogen) atoms. The van der Waals surface area contributed by atoms with Crippen LogP contribution in [-0.4, -0.2) is 76.3 Å². The molecule has 0 aromatic carbocycles. The summed E-state index contributed by atoms with van der Waals surface area (Å²) in [6, 6.07) is -4.25. The number of carboxylic acid groups (broad SMARTS) is 2. The van der Waals surface area contributed by atoms with Crippen molar-refractivity contribution in [1.29, 1.82) is 0 Å². The summed E-state index contributed by atoms with van der Waals surface area (Å²) in [6.45, 7) is 1.96. The number of aliphatic hydroxyl groups is 1. The summed E-state index contributed by atoms with van der Waals surface area (Å²) in [5, 5.41) is 33.3. The van der Waals surface area contributed by atoms with Crippen LogP contribution in [0.25, 0.3) is 0 Å². The normalized spacial score (nSPS) is 14.0. The molecule has 3 amide bonds. The van der Waals surface area contributed by atoms with Gasteiger partial charge in [0.25, 0.3) is 0 Å². The highest BCUT2D eigenvalue weighted by Gasteiger charge is 2.31. The Morgan fingerprint density at radius 1 is 0.923 bits per heavy atom. The van der Waals surface area contributed by atoms with E-state index in [1.807, 2.05) is 5.32 Å². The smallest absolute Gasteiger partial charge is 0.326 e. The molecule has 0 aliphatic carbocycles. The lowest BCUT2D eigenvalue weighted by atomic mass is 10.0. The van der Waals surface area contributed by atoms with Crippen molar-refractivity contribution in [3.8, 4) is 0 Å². The zero-order valence-corrected chi connectivity index (χ0v) is 14.4. The Morgan fingerprint density at radius 2 is 1.50 bits per heavy atom. The molecule has 0 aromatic heterocycles. The van der Waals surface area contributed by atoms with Gasteiger partial charge in [0, 0.05) is 0 Å². The van der Waals surface area contributed by atoms with Crippen molar-refractivity contribution in [3.05, 3.63) is 0 Å². The molecule has 8 N–H and O–H groups in total. The predicted molar refractivity (Wildman–Crippen MR) is 86.7 cm³/mol. The third-order valence-electron chi connectivity index (χ3n) is 3.26. The highest BCUT2D eigenvalue weighted by Crippen LogP contribution is 2.04. The number of amides is 3. The zero-order valence-electron chi connectivity index (χ0n) is 14.4. The van der Waals surface area contributed by atoms with Gasteiger partial charge in [0.2, 0.25) is 17.7 Å². The van der Waals surface area contributed by atoms with Gasteiger partial charge in [-0.3, -0.25) is 19.2 Å². The molecule has 3 unspecified atom stereocenters. The number of hydrogen-bond acceptors (Lipinski definition) is 7. The fourth-order valence-electron chi connectivity index (χ4n) is 1.87. The molecule has 0 aliphatic rings. The van der Waals surface area contributed by atoms with Crippen LogP contribution in [0, 0.1) is 5.92 Å². The maximum absolute atomic E-state index is 12.3. The Balaban J connectivity index is 5.12. The second kappa shape index (κ2) is 11.0. The van der Waals surface area contributed by atoms with Gasteiger partial charge in [-0.2, -0.15) is 0 Å². The number of nitrogens with one attached hydrogen (secondary N) is 3. The van der Waals surface area contributed by atoms with Crippen LogP contribution in [0.5, 0.6) is 0 Å². The second-order valence-electron chi connectivity index (χ2n) is 5.73. The van der Waals surface area contributed by atoms with E-state index in [-0.39, 0.29) is 0 Å². The van der Waals surface area contributed by atoms with Gasteiger partial charge in [-0.05, 0) is 5.92 Å². The van der Waals surface area contributed by atoms with Crippen molar-refractivity contribution in [2.24, 2.45) is 11.7 Å². The summed E-state index contributed by atoms with van der Waals surface area (Å²) >= 11 is 0. The number of carboxylic acids is 2. The first-order valence-corrected chi connectivity index (χ1v) is 7.69. The van der Waals surface area contributed by atoms with Crippen molar-refractivity contribution >= 4 is 29.7 Å². The highest BCUT2D eigenvalue weighted by atomic mass is 16.4. The van der Waals surface area contributed by atoms with Crippen LogP contribution in [0.3, 0.4) is 0 Å². The van der Waals surface area contributed by atoms with Gasteiger partial charge in [-0.15, -0.1) is 0 Å². The van der Waals surface area contributed by atoms with Crippen molar-refractivity contribution in [2.75, 3.05) is 13.2 Å². The molecule has 0 bridgehead atoms. The van der Waals surface area contributed by atoms with Crippen molar-refractivity contribution in [2.45, 2.75) is 38.4 Å². The maximum atomic E-state index is 12.3. The lowest BCUT2D eigenvalue weighted by Crippen LogP contribution is -2.58. The molecule has 148 valence electrons. The van der Waals surface area contributed by atoms with E-state index in [0.717, 1.165) is 0 Å². The van der Waals surface area contributed by atoms with Crippen LogP contribution in [0.15, 0.2) is 0 Å². The van der Waals surface area contributed by atoms with Crippen LogP contribution in [0.4, 0.5) is 0 Å². The van der Waals surface area contributed by atoms with E-state index in [1.54, 1.807) is 13.8 Å². The minimum atomic E-state index is -1.68. The zero-order chi connectivity index (χ0) is 20.4. The van der Waals surface area contributed by atoms with E-state index in [2.05, 4.69) is 10.6 Å². The summed E-state index contributed by atoms with van der Waals surface area (Å²) in [4.78, 5) is 57.3. The Morgan fingerprint density at radius 3 is 1.88 bits per heavy atom. The Kier molecular flexibility index (Phi) is 9.84. The molecule has 0 aliphatic heterocycles. The number of hydrogen-bond donors (Lipinski definition) is 7. The number of aliphatic hydroxyl groups excluding tert-OH is 1.